The number of nitrogens with two attached hydrogens (primary N) is 1. The molecule has 1 unspecified atom stereocenters. The molecule has 1 nitrogen and oxygen atoms in total. The molecule has 0 aromatic carbocycles. The van der Waals surface area contributed by atoms with Gasteiger partial charge in [-0.3, -0.25) is 0 Å². The molecule has 0 saturated heterocycles. The second-order valence-corrected chi connectivity index (χ2v) is 6.86. The molecule has 1 fully saturated rings. The van der Waals surface area contributed by atoms with E-state index in [4.69, 9.17) is 5.73 Å². The fraction of sp³-hybridized carbons (Fsp3) is 0.692. The third-order valence-corrected chi connectivity index (χ3v) is 5.82. The molecule has 0 amide bonds. The molecular weight excluding hydrogens is 202 g/mol. The van der Waals surface area contributed by atoms with Gasteiger partial charge in [-0.05, 0) is 40.7 Å². The van der Waals surface area contributed by atoms with Crippen LogP contribution in [0.25, 0.3) is 0 Å². The lowest BCUT2D eigenvalue weighted by molar-refractivity contribution is 0.457. The van der Waals surface area contributed by atoms with Gasteiger partial charge in [0.2, 0.25) is 0 Å². The Morgan fingerprint density at radius 2 is 1.80 bits per heavy atom. The highest BCUT2D eigenvalue weighted by Gasteiger charge is 2.66. The van der Waals surface area contributed by atoms with E-state index in [2.05, 4.69) is 46.1 Å². The number of hydrogen-bond acceptors (Lipinski definition) is 2. The van der Waals surface area contributed by atoms with Crippen molar-refractivity contribution in [3.8, 4) is 0 Å². The van der Waals surface area contributed by atoms with Gasteiger partial charge in [0.05, 0.1) is 0 Å². The van der Waals surface area contributed by atoms with E-state index in [0.717, 1.165) is 0 Å². The van der Waals surface area contributed by atoms with E-state index in [1.54, 1.807) is 11.3 Å². The summed E-state index contributed by atoms with van der Waals surface area (Å²) in [5.74, 6) is 0.613. The van der Waals surface area contributed by atoms with Crippen molar-refractivity contribution in [1.82, 2.24) is 0 Å². The lowest BCUT2D eigenvalue weighted by atomic mass is 10.0. The Kier molecular flexibility index (Phi) is 2.29. The molecule has 0 bridgehead atoms. The third kappa shape index (κ3) is 1.38. The smallest absolute Gasteiger partial charge is 0.0431 e. The van der Waals surface area contributed by atoms with Crippen LogP contribution in [0.1, 0.15) is 44.2 Å². The van der Waals surface area contributed by atoms with E-state index in [9.17, 15) is 0 Å². The van der Waals surface area contributed by atoms with Crippen molar-refractivity contribution in [3.63, 3.8) is 0 Å². The fourth-order valence-electron chi connectivity index (χ4n) is 3.02. The molecule has 1 aliphatic rings. The third-order valence-electron chi connectivity index (χ3n) is 4.70. The Morgan fingerprint density at radius 1 is 1.27 bits per heavy atom. The highest BCUT2D eigenvalue weighted by atomic mass is 32.1. The summed E-state index contributed by atoms with van der Waals surface area (Å²) in [6.07, 6.45) is 0. The first kappa shape index (κ1) is 11.2. The van der Waals surface area contributed by atoms with Crippen molar-refractivity contribution in [3.05, 3.63) is 21.9 Å². The first-order valence-electron chi connectivity index (χ1n) is 5.59. The van der Waals surface area contributed by atoms with E-state index in [-0.39, 0.29) is 6.04 Å². The van der Waals surface area contributed by atoms with Crippen LogP contribution in [-0.4, -0.2) is 0 Å². The summed E-state index contributed by atoms with van der Waals surface area (Å²) in [6, 6.07) is 2.39. The zero-order chi connectivity index (χ0) is 11.4. The molecule has 2 N–H and O–H groups in total. The maximum Gasteiger partial charge on any atom is 0.0431 e. The van der Waals surface area contributed by atoms with E-state index < -0.39 is 0 Å². The molecule has 2 heteroatoms. The Balaban J connectivity index is 2.26. The van der Waals surface area contributed by atoms with Crippen molar-refractivity contribution < 1.29 is 0 Å². The lowest BCUT2D eigenvalue weighted by Gasteiger charge is -2.13. The number of hydrogen-bond donors (Lipinski definition) is 1. The lowest BCUT2D eigenvalue weighted by Crippen LogP contribution is -2.16. The van der Waals surface area contributed by atoms with Gasteiger partial charge in [-0.1, -0.05) is 27.7 Å². The van der Waals surface area contributed by atoms with Gasteiger partial charge in [-0.25, -0.2) is 0 Å². The van der Waals surface area contributed by atoms with E-state index in [0.29, 0.717) is 16.7 Å². The molecule has 1 aromatic rings. The average molecular weight is 223 g/mol. The van der Waals surface area contributed by atoms with Crippen LogP contribution in [0.15, 0.2) is 11.4 Å². The highest BCUT2D eigenvalue weighted by molar-refractivity contribution is 7.10. The van der Waals surface area contributed by atoms with Crippen LogP contribution in [0.5, 0.6) is 0 Å². The summed E-state index contributed by atoms with van der Waals surface area (Å²) in [6.45, 7) is 11.5. The van der Waals surface area contributed by atoms with E-state index >= 15 is 0 Å². The normalized spacial score (nSPS) is 25.2. The zero-order valence-corrected chi connectivity index (χ0v) is 11.1. The van der Waals surface area contributed by atoms with Crippen LogP contribution >= 0.6 is 11.3 Å². The van der Waals surface area contributed by atoms with Gasteiger partial charge >= 0.3 is 0 Å². The largest absolute Gasteiger partial charge is 0.323 e. The summed E-state index contributed by atoms with van der Waals surface area (Å²) < 4.78 is 0. The summed E-state index contributed by atoms with van der Waals surface area (Å²) in [5.41, 5.74) is 8.52. The van der Waals surface area contributed by atoms with Crippen molar-refractivity contribution >= 4 is 11.3 Å². The van der Waals surface area contributed by atoms with Crippen LogP contribution in [0.2, 0.25) is 0 Å². The van der Waals surface area contributed by atoms with Crippen LogP contribution in [0.4, 0.5) is 0 Å². The minimum absolute atomic E-state index is 0.218. The maximum absolute atomic E-state index is 6.41. The van der Waals surface area contributed by atoms with Gasteiger partial charge in [-0.15, -0.1) is 11.3 Å². The molecule has 1 aliphatic carbocycles. The Labute approximate surface area is 96.7 Å². The standard InChI is InChI=1S/C13H21NS/c1-8-6-7-15-10(8)9(14)11-12(2,3)13(11,4)5/h6-7,9,11H,14H2,1-5H3. The molecule has 1 saturated carbocycles. The van der Waals surface area contributed by atoms with Gasteiger partial charge < -0.3 is 5.73 Å². The molecule has 0 spiro atoms. The van der Waals surface area contributed by atoms with Crippen LogP contribution in [0, 0.1) is 23.7 Å². The quantitative estimate of drug-likeness (QED) is 0.812. The topological polar surface area (TPSA) is 26.0 Å². The summed E-state index contributed by atoms with van der Waals surface area (Å²) in [5, 5.41) is 2.15. The molecule has 1 atom stereocenters. The minimum Gasteiger partial charge on any atom is -0.323 e. The van der Waals surface area contributed by atoms with Crippen molar-refractivity contribution in [2.75, 3.05) is 0 Å². The molecule has 1 aromatic heterocycles. The molecular formula is C13H21NS. The SMILES string of the molecule is Cc1ccsc1C(N)C1C(C)(C)C1(C)C. The second-order valence-electron chi connectivity index (χ2n) is 5.91. The number of rotatable bonds is 2. The van der Waals surface area contributed by atoms with Gasteiger partial charge in [0.1, 0.15) is 0 Å². The van der Waals surface area contributed by atoms with Crippen LogP contribution < -0.4 is 5.73 Å². The fourth-order valence-corrected chi connectivity index (χ4v) is 3.99. The van der Waals surface area contributed by atoms with Gasteiger partial charge in [0.25, 0.3) is 0 Å². The van der Waals surface area contributed by atoms with Gasteiger partial charge in [0.15, 0.2) is 0 Å². The maximum atomic E-state index is 6.41. The first-order chi connectivity index (χ1) is 6.80. The van der Waals surface area contributed by atoms with Crippen LogP contribution in [-0.2, 0) is 0 Å². The first-order valence-corrected chi connectivity index (χ1v) is 6.47. The molecule has 0 aliphatic heterocycles. The molecule has 84 valence electrons. The Morgan fingerprint density at radius 3 is 2.13 bits per heavy atom. The Hall–Kier alpha value is -0.340. The average Bonchev–Trinajstić information content (AvgIpc) is 2.48. The monoisotopic (exact) mass is 223 g/mol. The van der Waals surface area contributed by atoms with Crippen molar-refractivity contribution in [2.24, 2.45) is 22.5 Å². The summed E-state index contributed by atoms with van der Waals surface area (Å²) in [4.78, 5) is 1.37. The van der Waals surface area contributed by atoms with Gasteiger partial charge in [-0.2, -0.15) is 0 Å². The summed E-state index contributed by atoms with van der Waals surface area (Å²) in [7, 11) is 0. The molecule has 0 radical (unpaired) electrons. The van der Waals surface area contributed by atoms with Crippen molar-refractivity contribution in [1.29, 1.82) is 0 Å². The van der Waals surface area contributed by atoms with E-state index in [1.165, 1.54) is 10.4 Å². The number of thiophene rings is 1. The summed E-state index contributed by atoms with van der Waals surface area (Å²) >= 11 is 1.80. The van der Waals surface area contributed by atoms with Gasteiger partial charge in [0, 0.05) is 10.9 Å². The number of aryl methyl sites for hydroxylation is 1. The zero-order valence-electron chi connectivity index (χ0n) is 10.3. The van der Waals surface area contributed by atoms with Crippen molar-refractivity contribution in [2.45, 2.75) is 40.7 Å². The van der Waals surface area contributed by atoms with E-state index in [1.807, 2.05) is 0 Å². The minimum atomic E-state index is 0.218. The molecule has 2 rings (SSSR count). The Bertz CT molecular complexity index is 362. The molecule has 15 heavy (non-hydrogen) atoms. The molecule has 1 heterocycles. The predicted octanol–water partition coefficient (Wildman–Crippen LogP) is 3.74. The van der Waals surface area contributed by atoms with Crippen LogP contribution in [0.3, 0.4) is 0 Å². The predicted molar refractivity (Wildman–Crippen MR) is 67.0 cm³/mol. The second kappa shape index (κ2) is 3.08. The highest BCUT2D eigenvalue weighted by Crippen LogP contribution is 2.72.